The van der Waals surface area contributed by atoms with Crippen molar-refractivity contribution in [1.82, 2.24) is 9.88 Å². The molecule has 1 aromatic rings. The average molecular weight is 304 g/mol. The number of amides is 2. The summed E-state index contributed by atoms with van der Waals surface area (Å²) in [6, 6.07) is 2.81. The monoisotopic (exact) mass is 303 g/mol. The Kier molecular flexibility index (Phi) is 5.57. The highest BCUT2D eigenvalue weighted by molar-refractivity contribution is 6.33. The Hall–Kier alpha value is -1.33. The van der Waals surface area contributed by atoms with Crippen LogP contribution in [0.2, 0.25) is 10.3 Å². The van der Waals surface area contributed by atoms with Crippen LogP contribution in [0.4, 0.5) is 0 Å². The van der Waals surface area contributed by atoms with E-state index in [0.717, 1.165) is 0 Å². The van der Waals surface area contributed by atoms with Crippen LogP contribution in [0.15, 0.2) is 12.1 Å². The van der Waals surface area contributed by atoms with Gasteiger partial charge in [0.15, 0.2) is 0 Å². The van der Waals surface area contributed by atoms with Crippen LogP contribution in [-0.2, 0) is 4.79 Å². The summed E-state index contributed by atoms with van der Waals surface area (Å²) in [5, 5.41) is 0.249. The number of nitrogens with two attached hydrogens (primary N) is 1. The summed E-state index contributed by atoms with van der Waals surface area (Å²) in [5.41, 5.74) is 5.43. The van der Waals surface area contributed by atoms with Gasteiger partial charge in [0.25, 0.3) is 5.91 Å². The van der Waals surface area contributed by atoms with E-state index in [1.165, 1.54) is 17.0 Å². The molecule has 104 valence electrons. The van der Waals surface area contributed by atoms with E-state index in [1.54, 1.807) is 0 Å². The van der Waals surface area contributed by atoms with E-state index in [1.807, 2.05) is 13.8 Å². The van der Waals surface area contributed by atoms with Gasteiger partial charge in [0.2, 0.25) is 5.91 Å². The predicted molar refractivity (Wildman–Crippen MR) is 74.2 cm³/mol. The van der Waals surface area contributed by atoms with Gasteiger partial charge in [-0.3, -0.25) is 9.59 Å². The molecule has 0 aliphatic carbocycles. The maximum atomic E-state index is 12.3. The summed E-state index contributed by atoms with van der Waals surface area (Å²) in [7, 11) is 0. The summed E-state index contributed by atoms with van der Waals surface area (Å²) < 4.78 is 0. The molecule has 0 fully saturated rings. The largest absolute Gasteiger partial charge is 0.368 e. The zero-order valence-electron chi connectivity index (χ0n) is 10.7. The quantitative estimate of drug-likeness (QED) is 0.845. The van der Waals surface area contributed by atoms with Crippen LogP contribution in [-0.4, -0.2) is 34.8 Å². The van der Waals surface area contributed by atoms with Crippen molar-refractivity contribution in [2.24, 2.45) is 11.7 Å². The van der Waals surface area contributed by atoms with Crippen molar-refractivity contribution < 1.29 is 9.59 Å². The smallest absolute Gasteiger partial charge is 0.254 e. The molecule has 2 N–H and O–H groups in total. The normalized spacial score (nSPS) is 10.6. The average Bonchev–Trinajstić information content (AvgIpc) is 2.24. The highest BCUT2D eigenvalue weighted by atomic mass is 35.5. The fraction of sp³-hybridized carbons (Fsp3) is 0.417. The second-order valence-corrected chi connectivity index (χ2v) is 5.32. The third-order valence-corrected chi connectivity index (χ3v) is 2.62. The molecule has 0 radical (unpaired) electrons. The molecule has 0 aliphatic heterocycles. The van der Waals surface area contributed by atoms with Crippen molar-refractivity contribution in [2.75, 3.05) is 13.1 Å². The van der Waals surface area contributed by atoms with Crippen LogP contribution in [0, 0.1) is 5.92 Å². The Bertz CT molecular complexity index is 472. The molecule has 0 spiro atoms. The maximum absolute atomic E-state index is 12.3. The standard InChI is InChI=1S/C12H15Cl2N3O2/c1-7(2)5-17(6-11(15)18)12(19)8-3-9(13)16-10(14)4-8/h3-4,7H,5-6H2,1-2H3,(H2,15,18). The first-order valence-corrected chi connectivity index (χ1v) is 6.46. The Morgan fingerprint density at radius 3 is 2.26 bits per heavy atom. The second kappa shape index (κ2) is 6.73. The summed E-state index contributed by atoms with van der Waals surface area (Å²) in [6.45, 7) is 4.15. The van der Waals surface area contributed by atoms with Gasteiger partial charge in [0.1, 0.15) is 10.3 Å². The van der Waals surface area contributed by atoms with Crippen molar-refractivity contribution in [1.29, 1.82) is 0 Å². The Morgan fingerprint density at radius 1 is 1.32 bits per heavy atom. The SMILES string of the molecule is CC(C)CN(CC(N)=O)C(=O)c1cc(Cl)nc(Cl)c1. The minimum atomic E-state index is -0.569. The third-order valence-electron chi connectivity index (χ3n) is 2.23. The predicted octanol–water partition coefficient (Wildman–Crippen LogP) is 1.97. The third kappa shape index (κ3) is 5.04. The zero-order chi connectivity index (χ0) is 14.6. The van der Waals surface area contributed by atoms with Crippen LogP contribution in [0.1, 0.15) is 24.2 Å². The van der Waals surface area contributed by atoms with E-state index in [9.17, 15) is 9.59 Å². The number of aromatic nitrogens is 1. The zero-order valence-corrected chi connectivity index (χ0v) is 12.2. The van der Waals surface area contributed by atoms with Gasteiger partial charge in [-0.2, -0.15) is 0 Å². The van der Waals surface area contributed by atoms with E-state index in [4.69, 9.17) is 28.9 Å². The lowest BCUT2D eigenvalue weighted by atomic mass is 10.1. The van der Waals surface area contributed by atoms with Crippen LogP contribution in [0.3, 0.4) is 0 Å². The van der Waals surface area contributed by atoms with Gasteiger partial charge in [0.05, 0.1) is 6.54 Å². The molecular weight excluding hydrogens is 289 g/mol. The maximum Gasteiger partial charge on any atom is 0.254 e. The molecule has 1 aromatic heterocycles. The topological polar surface area (TPSA) is 76.3 Å². The molecule has 1 heterocycles. The summed E-state index contributed by atoms with van der Waals surface area (Å²) in [5.74, 6) is -0.713. The molecule has 0 unspecified atom stereocenters. The van der Waals surface area contributed by atoms with E-state index < -0.39 is 5.91 Å². The van der Waals surface area contributed by atoms with Crippen LogP contribution < -0.4 is 5.73 Å². The number of halogens is 2. The van der Waals surface area contributed by atoms with Crippen molar-refractivity contribution in [2.45, 2.75) is 13.8 Å². The molecule has 0 atom stereocenters. The molecule has 0 saturated carbocycles. The van der Waals surface area contributed by atoms with Gasteiger partial charge in [-0.1, -0.05) is 37.0 Å². The first-order chi connectivity index (χ1) is 8.79. The minimum Gasteiger partial charge on any atom is -0.368 e. The number of carbonyl (C=O) groups excluding carboxylic acids is 2. The lowest BCUT2D eigenvalue weighted by molar-refractivity contribution is -0.118. The molecule has 0 bridgehead atoms. The van der Waals surface area contributed by atoms with E-state index in [2.05, 4.69) is 4.98 Å². The number of pyridine rings is 1. The van der Waals surface area contributed by atoms with Crippen molar-refractivity contribution in [3.63, 3.8) is 0 Å². The van der Waals surface area contributed by atoms with Crippen molar-refractivity contribution >= 4 is 35.0 Å². The van der Waals surface area contributed by atoms with Crippen molar-refractivity contribution in [3.05, 3.63) is 28.0 Å². The number of hydrogen-bond acceptors (Lipinski definition) is 3. The number of nitrogens with zero attached hydrogens (tertiary/aromatic N) is 2. The van der Waals surface area contributed by atoms with Crippen LogP contribution >= 0.6 is 23.2 Å². The lowest BCUT2D eigenvalue weighted by Crippen LogP contribution is -2.40. The number of carbonyl (C=O) groups is 2. The highest BCUT2D eigenvalue weighted by Crippen LogP contribution is 2.16. The fourth-order valence-electron chi connectivity index (χ4n) is 1.62. The van der Waals surface area contributed by atoms with Crippen LogP contribution in [0.5, 0.6) is 0 Å². The Labute approximate surface area is 121 Å². The van der Waals surface area contributed by atoms with Gasteiger partial charge in [-0.25, -0.2) is 4.98 Å². The Balaban J connectivity index is 3.00. The van der Waals surface area contributed by atoms with Gasteiger partial charge < -0.3 is 10.6 Å². The van der Waals surface area contributed by atoms with Gasteiger partial charge in [-0.05, 0) is 18.1 Å². The van der Waals surface area contributed by atoms with E-state index in [-0.39, 0.29) is 34.2 Å². The van der Waals surface area contributed by atoms with Gasteiger partial charge in [-0.15, -0.1) is 0 Å². The first kappa shape index (κ1) is 15.7. The minimum absolute atomic E-state index is 0.124. The van der Waals surface area contributed by atoms with E-state index in [0.29, 0.717) is 6.54 Å². The molecule has 0 saturated heterocycles. The molecule has 2 amide bonds. The molecule has 0 aliphatic rings. The number of primary amides is 1. The molecular formula is C12H15Cl2N3O2. The number of rotatable bonds is 5. The van der Waals surface area contributed by atoms with Crippen molar-refractivity contribution in [3.8, 4) is 0 Å². The number of hydrogen-bond donors (Lipinski definition) is 1. The molecule has 0 aromatic carbocycles. The van der Waals surface area contributed by atoms with Crippen LogP contribution in [0.25, 0.3) is 0 Å². The second-order valence-electron chi connectivity index (χ2n) is 4.55. The van der Waals surface area contributed by atoms with E-state index >= 15 is 0 Å². The first-order valence-electron chi connectivity index (χ1n) is 5.70. The lowest BCUT2D eigenvalue weighted by Gasteiger charge is -2.23. The summed E-state index contributed by atoms with van der Waals surface area (Å²) in [4.78, 5) is 28.5. The summed E-state index contributed by atoms with van der Waals surface area (Å²) >= 11 is 11.5. The molecule has 19 heavy (non-hydrogen) atoms. The molecule has 7 heteroatoms. The molecule has 1 rings (SSSR count). The molecule has 5 nitrogen and oxygen atoms in total. The van der Waals surface area contributed by atoms with Gasteiger partial charge >= 0.3 is 0 Å². The fourth-order valence-corrected chi connectivity index (χ4v) is 2.08. The highest BCUT2D eigenvalue weighted by Gasteiger charge is 2.19. The summed E-state index contributed by atoms with van der Waals surface area (Å²) in [6.07, 6.45) is 0. The Morgan fingerprint density at radius 2 is 1.84 bits per heavy atom. The van der Waals surface area contributed by atoms with Gasteiger partial charge in [0, 0.05) is 12.1 Å².